The van der Waals surface area contributed by atoms with E-state index >= 15 is 0 Å². The summed E-state index contributed by atoms with van der Waals surface area (Å²) in [5, 5.41) is 7.12. The number of alkyl halides is 3. The normalized spacial score (nSPS) is 18.2. The van der Waals surface area contributed by atoms with Crippen molar-refractivity contribution in [3.63, 3.8) is 0 Å². The van der Waals surface area contributed by atoms with Gasteiger partial charge in [-0.2, -0.15) is 13.2 Å². The Hall–Kier alpha value is -3.14. The average molecular weight is 497 g/mol. The molecule has 190 valence electrons. The lowest BCUT2D eigenvalue weighted by Crippen LogP contribution is -2.42. The van der Waals surface area contributed by atoms with Crippen LogP contribution in [0.25, 0.3) is 0 Å². The third kappa shape index (κ3) is 7.95. The van der Waals surface area contributed by atoms with Crippen LogP contribution in [0.2, 0.25) is 0 Å². The van der Waals surface area contributed by atoms with E-state index in [1.54, 1.807) is 6.07 Å². The Balaban J connectivity index is 0.000000429. The van der Waals surface area contributed by atoms with Crippen molar-refractivity contribution >= 4 is 11.9 Å². The number of carboxylic acids is 1. The van der Waals surface area contributed by atoms with Crippen LogP contribution in [0.15, 0.2) is 48.5 Å². The molecule has 2 saturated heterocycles. The highest BCUT2D eigenvalue weighted by Crippen LogP contribution is 2.24. The second-order valence-corrected chi connectivity index (χ2v) is 8.55. The summed E-state index contributed by atoms with van der Waals surface area (Å²) in [5.74, 6) is -2.24. The third-order valence-electron chi connectivity index (χ3n) is 5.94. The number of nitrogens with zero attached hydrogens (tertiary/aromatic N) is 2. The van der Waals surface area contributed by atoms with Crippen LogP contribution in [-0.4, -0.2) is 65.2 Å². The standard InChI is InChI=1S/C23H27FN2O2.C2HF3O2/c24-20-6-3-5-18(15-20)17-28-22-10-8-19(9-11-22)23(27)26-14-4-7-21(26)16-25-12-1-2-13-25;3-2(4,5)1(6)7/h3,5-6,8-11,15,21H,1-2,4,7,12-14,16-17H2;(H,6,7)/t21-;/m0./s1. The number of carbonyl (C=O) groups is 2. The van der Waals surface area contributed by atoms with Gasteiger partial charge >= 0.3 is 12.1 Å². The van der Waals surface area contributed by atoms with Crippen molar-refractivity contribution in [1.82, 2.24) is 9.80 Å². The van der Waals surface area contributed by atoms with Crippen LogP contribution in [0.1, 0.15) is 41.6 Å². The quantitative estimate of drug-likeness (QED) is 0.586. The molecule has 2 heterocycles. The van der Waals surface area contributed by atoms with Gasteiger partial charge in [0.1, 0.15) is 18.2 Å². The predicted octanol–water partition coefficient (Wildman–Crippen LogP) is 4.74. The number of hydrogen-bond acceptors (Lipinski definition) is 4. The molecule has 0 unspecified atom stereocenters. The summed E-state index contributed by atoms with van der Waals surface area (Å²) < 4.78 is 50.7. The first kappa shape index (κ1) is 26.5. The van der Waals surface area contributed by atoms with Crippen molar-refractivity contribution < 1.29 is 37.0 Å². The topological polar surface area (TPSA) is 70.1 Å². The Morgan fingerprint density at radius 2 is 1.66 bits per heavy atom. The van der Waals surface area contributed by atoms with Gasteiger partial charge in [0.05, 0.1) is 0 Å². The van der Waals surface area contributed by atoms with Crippen LogP contribution in [0, 0.1) is 5.82 Å². The van der Waals surface area contributed by atoms with Crippen molar-refractivity contribution in [2.75, 3.05) is 26.2 Å². The van der Waals surface area contributed by atoms with E-state index in [1.165, 1.54) is 25.0 Å². The summed E-state index contributed by atoms with van der Waals surface area (Å²) in [5.41, 5.74) is 1.48. The van der Waals surface area contributed by atoms with Crippen LogP contribution in [0.5, 0.6) is 5.75 Å². The number of ether oxygens (including phenoxy) is 1. The summed E-state index contributed by atoms with van der Waals surface area (Å²) in [7, 11) is 0. The first-order valence-electron chi connectivity index (χ1n) is 11.4. The van der Waals surface area contributed by atoms with Crippen LogP contribution >= 0.6 is 0 Å². The molecule has 2 aromatic rings. The zero-order valence-electron chi connectivity index (χ0n) is 19.1. The second kappa shape index (κ2) is 12.0. The number of rotatable bonds is 6. The highest BCUT2D eigenvalue weighted by Gasteiger charge is 2.38. The number of hydrogen-bond donors (Lipinski definition) is 1. The van der Waals surface area contributed by atoms with E-state index in [4.69, 9.17) is 14.6 Å². The molecule has 0 spiro atoms. The Kier molecular flexibility index (Phi) is 9.08. The molecular weight excluding hydrogens is 468 g/mol. The lowest BCUT2D eigenvalue weighted by molar-refractivity contribution is -0.192. The van der Waals surface area contributed by atoms with Crippen molar-refractivity contribution in [3.8, 4) is 5.75 Å². The second-order valence-electron chi connectivity index (χ2n) is 8.55. The molecule has 2 aliphatic rings. The van der Waals surface area contributed by atoms with Gasteiger partial charge in [0, 0.05) is 24.7 Å². The van der Waals surface area contributed by atoms with E-state index in [9.17, 15) is 22.4 Å². The van der Waals surface area contributed by atoms with Crippen LogP contribution < -0.4 is 4.74 Å². The lowest BCUT2D eigenvalue weighted by Gasteiger charge is -2.28. The highest BCUT2D eigenvalue weighted by atomic mass is 19.4. The molecule has 2 aliphatic heterocycles. The van der Waals surface area contributed by atoms with Gasteiger partial charge in [0.25, 0.3) is 5.91 Å². The van der Waals surface area contributed by atoms with Gasteiger partial charge in [-0.05, 0) is 80.7 Å². The molecule has 2 fully saturated rings. The summed E-state index contributed by atoms with van der Waals surface area (Å²) in [6.45, 7) is 4.47. The number of likely N-dealkylation sites (tertiary alicyclic amines) is 2. The van der Waals surface area contributed by atoms with Gasteiger partial charge in [-0.3, -0.25) is 4.79 Å². The molecule has 0 aliphatic carbocycles. The van der Waals surface area contributed by atoms with E-state index in [1.807, 2.05) is 35.2 Å². The number of aliphatic carboxylic acids is 1. The smallest absolute Gasteiger partial charge is 0.489 e. The summed E-state index contributed by atoms with van der Waals surface area (Å²) in [6, 6.07) is 14.0. The molecule has 0 bridgehead atoms. The van der Waals surface area contributed by atoms with Gasteiger partial charge in [0.2, 0.25) is 0 Å². The van der Waals surface area contributed by atoms with Crippen LogP contribution in [0.3, 0.4) is 0 Å². The lowest BCUT2D eigenvalue weighted by atomic mass is 10.1. The first-order valence-corrected chi connectivity index (χ1v) is 11.4. The molecule has 0 saturated carbocycles. The maximum absolute atomic E-state index is 13.2. The van der Waals surface area contributed by atoms with Crippen molar-refractivity contribution in [3.05, 3.63) is 65.5 Å². The van der Waals surface area contributed by atoms with Crippen molar-refractivity contribution in [2.45, 2.75) is 44.5 Å². The predicted molar refractivity (Wildman–Crippen MR) is 121 cm³/mol. The number of benzene rings is 2. The zero-order valence-corrected chi connectivity index (χ0v) is 19.1. The Bertz CT molecular complexity index is 992. The fourth-order valence-corrected chi connectivity index (χ4v) is 4.21. The molecule has 2 aromatic carbocycles. The van der Waals surface area contributed by atoms with Gasteiger partial charge < -0.3 is 19.6 Å². The molecule has 35 heavy (non-hydrogen) atoms. The van der Waals surface area contributed by atoms with Crippen LogP contribution in [0.4, 0.5) is 17.6 Å². The first-order chi connectivity index (χ1) is 16.6. The fraction of sp³-hybridized carbons (Fsp3) is 0.440. The van der Waals surface area contributed by atoms with E-state index in [-0.39, 0.29) is 11.7 Å². The van der Waals surface area contributed by atoms with Crippen molar-refractivity contribution in [1.29, 1.82) is 0 Å². The molecular formula is C25H28F4N2O4. The molecule has 0 radical (unpaired) electrons. The molecule has 0 aromatic heterocycles. The molecule has 6 nitrogen and oxygen atoms in total. The molecule has 1 amide bonds. The SMILES string of the molecule is O=C(O)C(F)(F)F.O=C(c1ccc(OCc2cccc(F)c2)cc1)N1CCC[C@H]1CN1CCCC1. The van der Waals surface area contributed by atoms with E-state index in [0.717, 1.165) is 44.6 Å². The van der Waals surface area contributed by atoms with Gasteiger partial charge in [-0.25, -0.2) is 9.18 Å². The number of halogens is 4. The Labute approximate surface area is 201 Å². The summed E-state index contributed by atoms with van der Waals surface area (Å²) >= 11 is 0. The number of carbonyl (C=O) groups excluding carboxylic acids is 1. The number of amides is 1. The van der Waals surface area contributed by atoms with E-state index < -0.39 is 12.1 Å². The highest BCUT2D eigenvalue weighted by molar-refractivity contribution is 5.94. The number of carboxylic acid groups (broad SMARTS) is 1. The minimum absolute atomic E-state index is 0.110. The Morgan fingerprint density at radius 3 is 2.26 bits per heavy atom. The minimum Gasteiger partial charge on any atom is -0.489 e. The monoisotopic (exact) mass is 496 g/mol. The molecule has 1 atom stereocenters. The summed E-state index contributed by atoms with van der Waals surface area (Å²) in [6.07, 6.45) is -0.356. The fourth-order valence-electron chi connectivity index (χ4n) is 4.21. The molecule has 1 N–H and O–H groups in total. The van der Waals surface area contributed by atoms with Gasteiger partial charge in [-0.15, -0.1) is 0 Å². The summed E-state index contributed by atoms with van der Waals surface area (Å²) in [4.78, 5) is 26.4. The Morgan fingerprint density at radius 1 is 1.00 bits per heavy atom. The molecule has 10 heteroatoms. The van der Waals surface area contributed by atoms with Gasteiger partial charge in [0.15, 0.2) is 0 Å². The maximum Gasteiger partial charge on any atom is 0.490 e. The van der Waals surface area contributed by atoms with Crippen molar-refractivity contribution in [2.24, 2.45) is 0 Å². The zero-order chi connectivity index (χ0) is 25.4. The maximum atomic E-state index is 13.2. The average Bonchev–Trinajstić information content (AvgIpc) is 3.50. The third-order valence-corrected chi connectivity index (χ3v) is 5.94. The van der Waals surface area contributed by atoms with E-state index in [0.29, 0.717) is 24.0 Å². The molecule has 4 rings (SSSR count). The van der Waals surface area contributed by atoms with Gasteiger partial charge in [-0.1, -0.05) is 12.1 Å². The largest absolute Gasteiger partial charge is 0.490 e. The van der Waals surface area contributed by atoms with E-state index in [2.05, 4.69) is 4.90 Å². The van der Waals surface area contributed by atoms with Crippen LogP contribution in [-0.2, 0) is 11.4 Å². The minimum atomic E-state index is -5.08.